The molecule has 1 atom stereocenters. The van der Waals surface area contributed by atoms with Crippen LogP contribution in [0, 0.1) is 16.7 Å². The average Bonchev–Trinajstić information content (AvgIpc) is 2.44. The van der Waals surface area contributed by atoms with Gasteiger partial charge in [-0.1, -0.05) is 12.1 Å². The molecule has 0 aliphatic heterocycles. The van der Waals surface area contributed by atoms with Crippen molar-refractivity contribution in [2.24, 2.45) is 5.41 Å². The summed E-state index contributed by atoms with van der Waals surface area (Å²) in [6.45, 7) is 11.8. The molecule has 0 saturated heterocycles. The van der Waals surface area contributed by atoms with Crippen LogP contribution in [0.25, 0.3) is 0 Å². The van der Waals surface area contributed by atoms with Crippen LogP contribution in [0.5, 0.6) is 0 Å². The molecular weight excluding hydrogens is 294 g/mol. The van der Waals surface area contributed by atoms with Crippen LogP contribution in [-0.2, 0) is 19.6 Å². The van der Waals surface area contributed by atoms with Gasteiger partial charge in [-0.15, -0.1) is 0 Å². The van der Waals surface area contributed by atoms with Crippen LogP contribution in [0.2, 0.25) is 19.6 Å². The van der Waals surface area contributed by atoms with Crippen molar-refractivity contribution in [3.63, 3.8) is 0 Å². The predicted molar refractivity (Wildman–Crippen MR) is 88.7 cm³/mol. The summed E-state index contributed by atoms with van der Waals surface area (Å²) in [5, 5.41) is 8.96. The molecule has 0 spiro atoms. The molecule has 0 fully saturated rings. The Labute approximate surface area is 134 Å². The molecule has 1 rings (SSSR count). The highest BCUT2D eigenvalue weighted by molar-refractivity contribution is 6.69. The molecule has 0 aliphatic carbocycles. The van der Waals surface area contributed by atoms with E-state index < -0.39 is 19.3 Å². The summed E-state index contributed by atoms with van der Waals surface area (Å²) < 4.78 is 11.4. The Bertz CT molecular complexity index is 581. The first-order valence-electron chi connectivity index (χ1n) is 7.27. The van der Waals surface area contributed by atoms with Crippen LogP contribution < -0.4 is 0 Å². The quantitative estimate of drug-likeness (QED) is 0.611. The number of hydrogen-bond donors (Lipinski definition) is 0. The number of hydrogen-bond acceptors (Lipinski definition) is 4. The van der Waals surface area contributed by atoms with Gasteiger partial charge in [0.1, 0.15) is 0 Å². The molecular formula is C17H25NO3Si. The lowest BCUT2D eigenvalue weighted by Gasteiger charge is -2.46. The fourth-order valence-corrected chi connectivity index (χ4v) is 4.07. The summed E-state index contributed by atoms with van der Waals surface area (Å²) in [6, 6.07) is 9.29. The summed E-state index contributed by atoms with van der Waals surface area (Å²) in [4.78, 5) is 12.3. The van der Waals surface area contributed by atoms with Crippen molar-refractivity contribution in [2.45, 2.75) is 46.0 Å². The zero-order valence-electron chi connectivity index (χ0n) is 14.5. The van der Waals surface area contributed by atoms with Crippen molar-refractivity contribution in [3.8, 4) is 6.07 Å². The Balaban J connectivity index is 3.45. The monoisotopic (exact) mass is 319 g/mol. The minimum atomic E-state index is -1.94. The second-order valence-corrected chi connectivity index (χ2v) is 11.5. The van der Waals surface area contributed by atoms with E-state index in [0.717, 1.165) is 5.56 Å². The van der Waals surface area contributed by atoms with Gasteiger partial charge in [0, 0.05) is 0 Å². The highest BCUT2D eigenvalue weighted by Gasteiger charge is 2.51. The lowest BCUT2D eigenvalue weighted by atomic mass is 9.72. The van der Waals surface area contributed by atoms with Crippen molar-refractivity contribution >= 4 is 14.3 Å². The van der Waals surface area contributed by atoms with Gasteiger partial charge in [0.05, 0.1) is 29.8 Å². The lowest BCUT2D eigenvalue weighted by Crippen LogP contribution is -2.52. The van der Waals surface area contributed by atoms with Crippen LogP contribution in [0.15, 0.2) is 24.3 Å². The first-order valence-corrected chi connectivity index (χ1v) is 10.7. The molecule has 4 nitrogen and oxygen atoms in total. The average molecular weight is 319 g/mol. The highest BCUT2D eigenvalue weighted by Crippen LogP contribution is 2.45. The molecule has 1 aromatic carbocycles. The zero-order valence-corrected chi connectivity index (χ0v) is 15.5. The van der Waals surface area contributed by atoms with Crippen molar-refractivity contribution < 1.29 is 14.0 Å². The molecule has 0 radical (unpaired) electrons. The van der Waals surface area contributed by atoms with E-state index >= 15 is 0 Å². The van der Waals surface area contributed by atoms with Crippen LogP contribution in [0.4, 0.5) is 0 Å². The standard InChI is InChI=1S/C17H25NO3Si/c1-16(2,15(19)20-4)17(3,21-22(5,6)7)14-10-8-13(12-18)9-11-14/h8-11H,1-7H3. The fourth-order valence-electron chi connectivity index (χ4n) is 2.47. The maximum Gasteiger partial charge on any atom is 0.314 e. The molecule has 0 aliphatic rings. The van der Waals surface area contributed by atoms with E-state index in [1.54, 1.807) is 12.1 Å². The zero-order chi connectivity index (χ0) is 17.2. The fraction of sp³-hybridized carbons (Fsp3) is 0.529. The Morgan fingerprint density at radius 1 is 1.14 bits per heavy atom. The number of carbonyl (C=O) groups excluding carboxylic acids is 1. The number of rotatable bonds is 5. The van der Waals surface area contributed by atoms with Gasteiger partial charge >= 0.3 is 5.97 Å². The normalized spacial score (nSPS) is 14.8. The maximum atomic E-state index is 12.3. The van der Waals surface area contributed by atoms with Gasteiger partial charge in [-0.2, -0.15) is 5.26 Å². The Kier molecular flexibility index (Phi) is 5.21. The number of benzene rings is 1. The molecule has 1 aromatic rings. The van der Waals surface area contributed by atoms with E-state index in [-0.39, 0.29) is 5.97 Å². The van der Waals surface area contributed by atoms with Gasteiger partial charge < -0.3 is 9.16 Å². The lowest BCUT2D eigenvalue weighted by molar-refractivity contribution is -0.165. The topological polar surface area (TPSA) is 59.3 Å². The van der Waals surface area contributed by atoms with Gasteiger partial charge in [-0.3, -0.25) is 4.79 Å². The Morgan fingerprint density at radius 2 is 1.64 bits per heavy atom. The van der Waals surface area contributed by atoms with Gasteiger partial charge in [0.2, 0.25) is 0 Å². The third kappa shape index (κ3) is 3.57. The molecule has 1 unspecified atom stereocenters. The molecule has 0 bridgehead atoms. The first-order chi connectivity index (χ1) is 9.98. The van der Waals surface area contributed by atoms with Gasteiger partial charge in [-0.05, 0) is 58.1 Å². The van der Waals surface area contributed by atoms with Gasteiger partial charge in [-0.25, -0.2) is 0 Å². The van der Waals surface area contributed by atoms with Gasteiger partial charge in [0.15, 0.2) is 8.32 Å². The minimum absolute atomic E-state index is 0.322. The maximum absolute atomic E-state index is 12.3. The molecule has 0 saturated carbocycles. The number of esters is 1. The van der Waals surface area contributed by atoms with Crippen molar-refractivity contribution in [3.05, 3.63) is 35.4 Å². The highest BCUT2D eigenvalue weighted by atomic mass is 28.4. The van der Waals surface area contributed by atoms with Crippen LogP contribution >= 0.6 is 0 Å². The third-order valence-corrected chi connectivity index (χ3v) is 4.98. The summed E-state index contributed by atoms with van der Waals surface area (Å²) in [5.41, 5.74) is -0.256. The predicted octanol–water partition coefficient (Wildman–Crippen LogP) is 3.82. The number of nitrogens with zero attached hydrogens (tertiary/aromatic N) is 1. The SMILES string of the molecule is COC(=O)C(C)(C)C(C)(O[Si](C)(C)C)c1ccc(C#N)cc1. The second-order valence-electron chi connectivity index (χ2n) is 7.05. The van der Waals surface area contributed by atoms with Crippen LogP contribution in [-0.4, -0.2) is 21.4 Å². The third-order valence-electron chi connectivity index (χ3n) is 3.96. The molecule has 22 heavy (non-hydrogen) atoms. The summed E-state index contributed by atoms with van der Waals surface area (Å²) in [5.74, 6) is -0.322. The number of nitriles is 1. The summed E-state index contributed by atoms with van der Waals surface area (Å²) in [7, 11) is -0.552. The molecule has 0 heterocycles. The summed E-state index contributed by atoms with van der Waals surface area (Å²) >= 11 is 0. The summed E-state index contributed by atoms with van der Waals surface area (Å²) in [6.07, 6.45) is 0. The second kappa shape index (κ2) is 6.23. The number of carbonyl (C=O) groups is 1. The minimum Gasteiger partial charge on any atom is -0.469 e. The van der Waals surface area contributed by atoms with Crippen LogP contribution in [0.1, 0.15) is 31.9 Å². The van der Waals surface area contributed by atoms with E-state index in [2.05, 4.69) is 25.7 Å². The van der Waals surface area contributed by atoms with E-state index in [1.807, 2.05) is 32.9 Å². The van der Waals surface area contributed by atoms with E-state index in [0.29, 0.717) is 5.56 Å². The van der Waals surface area contributed by atoms with Crippen LogP contribution in [0.3, 0.4) is 0 Å². The number of methoxy groups -OCH3 is 1. The molecule has 0 amide bonds. The molecule has 5 heteroatoms. The van der Waals surface area contributed by atoms with Crippen molar-refractivity contribution in [2.75, 3.05) is 7.11 Å². The van der Waals surface area contributed by atoms with Crippen molar-refractivity contribution in [1.82, 2.24) is 0 Å². The first kappa shape index (κ1) is 18.4. The van der Waals surface area contributed by atoms with E-state index in [9.17, 15) is 4.79 Å². The molecule has 120 valence electrons. The Morgan fingerprint density at radius 3 is 2.00 bits per heavy atom. The molecule has 0 aromatic heterocycles. The smallest absolute Gasteiger partial charge is 0.314 e. The Hall–Kier alpha value is -1.64. The van der Waals surface area contributed by atoms with E-state index in [4.69, 9.17) is 14.4 Å². The number of ether oxygens (including phenoxy) is 1. The van der Waals surface area contributed by atoms with Gasteiger partial charge in [0.25, 0.3) is 0 Å². The largest absolute Gasteiger partial charge is 0.469 e. The van der Waals surface area contributed by atoms with Crippen molar-refractivity contribution in [1.29, 1.82) is 5.26 Å². The molecule has 0 N–H and O–H groups in total. The van der Waals surface area contributed by atoms with E-state index in [1.165, 1.54) is 7.11 Å².